The number of aryl methyl sites for hydroxylation is 1. The van der Waals surface area contributed by atoms with E-state index in [1.165, 1.54) is 29.3 Å². The van der Waals surface area contributed by atoms with Crippen LogP contribution >= 0.6 is 34.7 Å². The Kier molecular flexibility index (Phi) is 8.50. The van der Waals surface area contributed by atoms with Crippen LogP contribution in [0, 0.1) is 0 Å². The fraction of sp³-hybridized carbons (Fsp3) is 0.500. The third kappa shape index (κ3) is 5.51. The van der Waals surface area contributed by atoms with E-state index in [1.54, 1.807) is 0 Å². The Morgan fingerprint density at radius 2 is 2.10 bits per heavy atom. The van der Waals surface area contributed by atoms with Crippen LogP contribution in [0.3, 0.4) is 0 Å². The summed E-state index contributed by atoms with van der Waals surface area (Å²) in [5.41, 5.74) is 1.71. The Balaban J connectivity index is 1.81. The van der Waals surface area contributed by atoms with E-state index in [0.29, 0.717) is 35.5 Å². The van der Waals surface area contributed by atoms with Crippen molar-refractivity contribution in [3.63, 3.8) is 0 Å². The molecule has 0 saturated heterocycles. The van der Waals surface area contributed by atoms with Gasteiger partial charge in [0.15, 0.2) is 10.9 Å². The zero-order valence-electron chi connectivity index (χ0n) is 17.0. The van der Waals surface area contributed by atoms with Gasteiger partial charge in [-0.15, -0.1) is 11.3 Å². The van der Waals surface area contributed by atoms with Crippen molar-refractivity contribution in [3.05, 3.63) is 32.9 Å². The maximum absolute atomic E-state index is 13.0. The smallest absolute Gasteiger partial charge is 0.276 e. The van der Waals surface area contributed by atoms with Gasteiger partial charge in [0.25, 0.3) is 11.8 Å². The van der Waals surface area contributed by atoms with Crippen LogP contribution in [-0.2, 0) is 17.6 Å². The van der Waals surface area contributed by atoms with Gasteiger partial charge in [-0.2, -0.15) is 0 Å². The van der Waals surface area contributed by atoms with Crippen LogP contribution in [0.4, 0.5) is 5.00 Å². The van der Waals surface area contributed by atoms with Gasteiger partial charge >= 0.3 is 0 Å². The topological polar surface area (TPSA) is 93.2 Å². The average molecular weight is 469 g/mol. The first-order valence-electron chi connectivity index (χ1n) is 9.93. The number of rotatable bonds is 9. The number of carbonyl (C=O) groups excluding carboxylic acids is 2. The quantitative estimate of drug-likeness (QED) is 0.325. The van der Waals surface area contributed by atoms with E-state index in [0.717, 1.165) is 42.5 Å². The van der Waals surface area contributed by atoms with Gasteiger partial charge in [-0.1, -0.05) is 23.4 Å². The van der Waals surface area contributed by atoms with E-state index in [4.69, 9.17) is 16.3 Å². The van der Waals surface area contributed by atoms with Crippen molar-refractivity contribution in [2.24, 2.45) is 0 Å². The molecule has 0 aliphatic heterocycles. The number of nitrogens with one attached hydrogen (secondary N) is 2. The SMILES string of the molecule is CCOCCCNC(=O)c1c(NC(=O)c2nc(SC)ncc2Cl)sc2c1CCCC2. The second kappa shape index (κ2) is 11.1. The highest BCUT2D eigenvalue weighted by atomic mass is 35.5. The lowest BCUT2D eigenvalue weighted by Gasteiger charge is -2.13. The molecule has 1 aliphatic rings. The normalized spacial score (nSPS) is 13.0. The highest BCUT2D eigenvalue weighted by Gasteiger charge is 2.27. The molecule has 0 unspecified atom stereocenters. The summed E-state index contributed by atoms with van der Waals surface area (Å²) in [6.45, 7) is 3.72. The highest BCUT2D eigenvalue weighted by Crippen LogP contribution is 2.38. The number of hydrogen-bond donors (Lipinski definition) is 2. The summed E-state index contributed by atoms with van der Waals surface area (Å²) in [7, 11) is 0. The maximum atomic E-state index is 13.0. The van der Waals surface area contributed by atoms with E-state index in [-0.39, 0.29) is 16.6 Å². The van der Waals surface area contributed by atoms with Crippen molar-refractivity contribution < 1.29 is 14.3 Å². The van der Waals surface area contributed by atoms with Crippen LogP contribution in [0.15, 0.2) is 11.4 Å². The second-order valence-corrected chi connectivity index (χ2v) is 9.01. The van der Waals surface area contributed by atoms with Crippen molar-refractivity contribution >= 4 is 51.5 Å². The summed E-state index contributed by atoms with van der Waals surface area (Å²) in [6.07, 6.45) is 7.87. The molecule has 0 bridgehead atoms. The van der Waals surface area contributed by atoms with E-state index in [2.05, 4.69) is 20.6 Å². The van der Waals surface area contributed by atoms with E-state index < -0.39 is 5.91 Å². The molecule has 162 valence electrons. The summed E-state index contributed by atoms with van der Waals surface area (Å²) in [6, 6.07) is 0. The average Bonchev–Trinajstić information content (AvgIpc) is 3.11. The number of aromatic nitrogens is 2. The van der Waals surface area contributed by atoms with Gasteiger partial charge in [-0.3, -0.25) is 9.59 Å². The number of thioether (sulfide) groups is 1. The maximum Gasteiger partial charge on any atom is 0.276 e. The van der Waals surface area contributed by atoms with Crippen molar-refractivity contribution in [1.82, 2.24) is 15.3 Å². The molecule has 2 amide bonds. The molecular formula is C20H25ClN4O3S2. The number of anilines is 1. The lowest BCUT2D eigenvalue weighted by molar-refractivity contribution is 0.0944. The standard InChI is InChI=1S/C20H25ClN4O3S2/c1-3-28-10-6-9-22-17(26)15-12-7-4-5-8-14(12)30-19(15)25-18(27)16-13(21)11-23-20(24-16)29-2/h11H,3-10H2,1-2H3,(H,22,26)(H,25,27). The molecule has 10 heteroatoms. The highest BCUT2D eigenvalue weighted by molar-refractivity contribution is 7.98. The fourth-order valence-electron chi connectivity index (χ4n) is 3.27. The van der Waals surface area contributed by atoms with Crippen LogP contribution in [0.5, 0.6) is 0 Å². The predicted octanol–water partition coefficient (Wildman–Crippen LogP) is 4.20. The van der Waals surface area contributed by atoms with Crippen molar-refractivity contribution in [2.45, 2.75) is 44.2 Å². The molecule has 30 heavy (non-hydrogen) atoms. The van der Waals surface area contributed by atoms with Gasteiger partial charge in [0.1, 0.15) is 5.00 Å². The monoisotopic (exact) mass is 468 g/mol. The Bertz CT molecular complexity index is 920. The zero-order chi connectivity index (χ0) is 21.5. The van der Waals surface area contributed by atoms with Crippen molar-refractivity contribution in [1.29, 1.82) is 0 Å². The second-order valence-electron chi connectivity index (χ2n) is 6.73. The Morgan fingerprint density at radius 1 is 1.30 bits per heavy atom. The van der Waals surface area contributed by atoms with Gasteiger partial charge in [-0.05, 0) is 50.8 Å². The van der Waals surface area contributed by atoms with Gasteiger partial charge in [0.05, 0.1) is 16.8 Å². The number of thiophene rings is 1. The molecule has 3 rings (SSSR count). The molecule has 7 nitrogen and oxygen atoms in total. The number of fused-ring (bicyclic) bond motifs is 1. The van der Waals surface area contributed by atoms with Gasteiger partial charge in [0.2, 0.25) is 0 Å². The van der Waals surface area contributed by atoms with Crippen molar-refractivity contribution in [2.75, 3.05) is 31.3 Å². The van der Waals surface area contributed by atoms with Crippen molar-refractivity contribution in [3.8, 4) is 0 Å². The Labute approximate surface area is 189 Å². The van der Waals surface area contributed by atoms with E-state index in [1.807, 2.05) is 13.2 Å². The third-order valence-corrected chi connectivity index (χ3v) is 6.75. The first-order chi connectivity index (χ1) is 14.5. The zero-order valence-corrected chi connectivity index (χ0v) is 19.4. The Hall–Kier alpha value is -1.68. The molecule has 0 aromatic carbocycles. The number of nitrogens with zero attached hydrogens (tertiary/aromatic N) is 2. The minimum Gasteiger partial charge on any atom is -0.382 e. The third-order valence-electron chi connectivity index (χ3n) is 4.70. The minimum absolute atomic E-state index is 0.102. The summed E-state index contributed by atoms with van der Waals surface area (Å²) < 4.78 is 5.32. The van der Waals surface area contributed by atoms with Gasteiger partial charge in [-0.25, -0.2) is 9.97 Å². The molecule has 0 radical (unpaired) electrons. The van der Waals surface area contributed by atoms with Crippen LogP contribution in [-0.4, -0.2) is 47.8 Å². The number of hydrogen-bond acceptors (Lipinski definition) is 7. The summed E-state index contributed by atoms with van der Waals surface area (Å²) in [5.74, 6) is -0.610. The van der Waals surface area contributed by atoms with Gasteiger partial charge in [0, 0.05) is 24.6 Å². The van der Waals surface area contributed by atoms with Crippen LogP contribution in [0.25, 0.3) is 0 Å². The molecule has 2 heterocycles. The summed E-state index contributed by atoms with van der Waals surface area (Å²) in [5, 5.41) is 7.02. The van der Waals surface area contributed by atoms with Crippen LogP contribution in [0.2, 0.25) is 5.02 Å². The lowest BCUT2D eigenvalue weighted by atomic mass is 9.95. The first kappa shape index (κ1) is 23.0. The first-order valence-corrected chi connectivity index (χ1v) is 12.3. The minimum atomic E-state index is -0.443. The molecule has 1 aliphatic carbocycles. The van der Waals surface area contributed by atoms with E-state index in [9.17, 15) is 9.59 Å². The number of halogens is 1. The van der Waals surface area contributed by atoms with Crippen LogP contribution < -0.4 is 10.6 Å². The number of amides is 2. The molecule has 0 atom stereocenters. The lowest BCUT2D eigenvalue weighted by Crippen LogP contribution is -2.27. The van der Waals surface area contributed by atoms with Crippen LogP contribution in [0.1, 0.15) is 57.5 Å². The van der Waals surface area contributed by atoms with E-state index >= 15 is 0 Å². The molecular weight excluding hydrogens is 444 g/mol. The molecule has 2 aromatic rings. The molecule has 2 N–H and O–H groups in total. The largest absolute Gasteiger partial charge is 0.382 e. The predicted molar refractivity (Wildman–Crippen MR) is 121 cm³/mol. The molecule has 0 spiro atoms. The number of carbonyl (C=O) groups is 2. The van der Waals surface area contributed by atoms with Gasteiger partial charge < -0.3 is 15.4 Å². The molecule has 0 fully saturated rings. The summed E-state index contributed by atoms with van der Waals surface area (Å²) >= 11 is 8.94. The number of ether oxygens (including phenoxy) is 1. The molecule has 2 aromatic heterocycles. The Morgan fingerprint density at radius 3 is 2.87 bits per heavy atom. The molecule has 0 saturated carbocycles. The fourth-order valence-corrected chi connectivity index (χ4v) is 5.07. The summed E-state index contributed by atoms with van der Waals surface area (Å²) in [4.78, 5) is 35.3.